The van der Waals surface area contributed by atoms with Crippen molar-refractivity contribution in [2.24, 2.45) is 5.92 Å². The van der Waals surface area contributed by atoms with Gasteiger partial charge in [0.15, 0.2) is 0 Å². The average Bonchev–Trinajstić information content (AvgIpc) is 2.30. The van der Waals surface area contributed by atoms with Crippen LogP contribution >= 0.6 is 0 Å². The van der Waals surface area contributed by atoms with Gasteiger partial charge in [-0.3, -0.25) is 4.79 Å². The number of rotatable bonds is 5. The monoisotopic (exact) mass is 229 g/mol. The molecule has 2 N–H and O–H groups in total. The normalized spacial score (nSPS) is 24.8. The summed E-state index contributed by atoms with van der Waals surface area (Å²) in [6.45, 7) is 5.40. The van der Waals surface area contributed by atoms with E-state index in [0.29, 0.717) is 13.0 Å². The van der Waals surface area contributed by atoms with Gasteiger partial charge in [0.1, 0.15) is 0 Å². The molecule has 1 aliphatic heterocycles. The molecule has 0 aromatic rings. The Morgan fingerprint density at radius 2 is 2.38 bits per heavy atom. The second kappa shape index (κ2) is 6.21. The van der Waals surface area contributed by atoms with Gasteiger partial charge in [-0.1, -0.05) is 6.92 Å². The van der Waals surface area contributed by atoms with Gasteiger partial charge in [-0.15, -0.1) is 0 Å². The van der Waals surface area contributed by atoms with Crippen molar-refractivity contribution in [2.45, 2.75) is 45.1 Å². The van der Waals surface area contributed by atoms with E-state index < -0.39 is 0 Å². The highest BCUT2D eigenvalue weighted by Crippen LogP contribution is 2.18. The first kappa shape index (κ1) is 13.5. The summed E-state index contributed by atoms with van der Waals surface area (Å²) in [7, 11) is 0. The molecule has 0 aromatic carbocycles. The van der Waals surface area contributed by atoms with Crippen molar-refractivity contribution in [1.29, 1.82) is 0 Å². The van der Waals surface area contributed by atoms with Crippen molar-refractivity contribution in [1.82, 2.24) is 5.32 Å². The fraction of sp³-hybridized carbons (Fsp3) is 0.917. The Balaban J connectivity index is 2.47. The number of aliphatic hydroxyl groups is 1. The zero-order valence-corrected chi connectivity index (χ0v) is 10.3. The smallest absolute Gasteiger partial charge is 0.225 e. The van der Waals surface area contributed by atoms with E-state index in [4.69, 9.17) is 9.84 Å². The van der Waals surface area contributed by atoms with Gasteiger partial charge in [-0.05, 0) is 32.6 Å². The van der Waals surface area contributed by atoms with Gasteiger partial charge in [0.05, 0.1) is 12.5 Å². The maximum atomic E-state index is 12.0. The van der Waals surface area contributed by atoms with Crippen LogP contribution in [0.1, 0.15) is 39.5 Å². The van der Waals surface area contributed by atoms with Crippen molar-refractivity contribution in [3.63, 3.8) is 0 Å². The quantitative estimate of drug-likeness (QED) is 0.741. The molecule has 1 amide bonds. The minimum Gasteiger partial charge on any atom is -0.396 e. The number of nitrogens with one attached hydrogen (secondary N) is 1. The number of carbonyl (C=O) groups is 1. The number of hydrogen-bond acceptors (Lipinski definition) is 3. The summed E-state index contributed by atoms with van der Waals surface area (Å²) in [6, 6.07) is 0. The third kappa shape index (κ3) is 3.76. The molecule has 1 saturated heterocycles. The SMILES string of the molecule is CCC(C)(CCO)NC(=O)C1CCCOC1. The van der Waals surface area contributed by atoms with Crippen LogP contribution in [0.5, 0.6) is 0 Å². The zero-order chi connectivity index (χ0) is 12.0. The largest absolute Gasteiger partial charge is 0.396 e. The van der Waals surface area contributed by atoms with Crippen LogP contribution in [0, 0.1) is 5.92 Å². The van der Waals surface area contributed by atoms with E-state index in [1.54, 1.807) is 0 Å². The van der Waals surface area contributed by atoms with E-state index in [1.165, 1.54) is 0 Å². The van der Waals surface area contributed by atoms with Crippen LogP contribution in [-0.2, 0) is 9.53 Å². The Kier molecular flexibility index (Phi) is 5.22. The summed E-state index contributed by atoms with van der Waals surface area (Å²) in [5.41, 5.74) is -0.288. The molecular weight excluding hydrogens is 206 g/mol. The van der Waals surface area contributed by atoms with Gasteiger partial charge in [0.25, 0.3) is 0 Å². The minimum absolute atomic E-state index is 0.0154. The molecule has 2 atom stereocenters. The molecule has 0 radical (unpaired) electrons. The Morgan fingerprint density at radius 1 is 1.62 bits per heavy atom. The summed E-state index contributed by atoms with van der Waals surface area (Å²) in [4.78, 5) is 12.0. The fourth-order valence-corrected chi connectivity index (χ4v) is 1.92. The summed E-state index contributed by atoms with van der Waals surface area (Å²) < 4.78 is 5.30. The third-order valence-corrected chi connectivity index (χ3v) is 3.40. The molecule has 16 heavy (non-hydrogen) atoms. The second-order valence-corrected chi connectivity index (χ2v) is 4.79. The predicted octanol–water partition coefficient (Wildman–Crippen LogP) is 1.08. The second-order valence-electron chi connectivity index (χ2n) is 4.79. The Labute approximate surface area is 97.4 Å². The molecule has 1 rings (SSSR count). The predicted molar refractivity (Wildman–Crippen MR) is 62.1 cm³/mol. The maximum Gasteiger partial charge on any atom is 0.225 e. The van der Waals surface area contributed by atoms with Crippen molar-refractivity contribution in [3.05, 3.63) is 0 Å². The van der Waals surface area contributed by atoms with Gasteiger partial charge >= 0.3 is 0 Å². The molecule has 94 valence electrons. The van der Waals surface area contributed by atoms with E-state index in [1.807, 2.05) is 13.8 Å². The average molecular weight is 229 g/mol. The van der Waals surface area contributed by atoms with Gasteiger partial charge in [-0.2, -0.15) is 0 Å². The summed E-state index contributed by atoms with van der Waals surface area (Å²) in [6.07, 6.45) is 3.29. The zero-order valence-electron chi connectivity index (χ0n) is 10.3. The molecule has 0 aromatic heterocycles. The lowest BCUT2D eigenvalue weighted by atomic mass is 9.92. The lowest BCUT2D eigenvalue weighted by Gasteiger charge is -2.32. The lowest BCUT2D eigenvalue weighted by molar-refractivity contribution is -0.131. The number of hydrogen-bond donors (Lipinski definition) is 2. The Morgan fingerprint density at radius 3 is 2.88 bits per heavy atom. The van der Waals surface area contributed by atoms with E-state index in [9.17, 15) is 4.79 Å². The first-order valence-corrected chi connectivity index (χ1v) is 6.12. The van der Waals surface area contributed by atoms with E-state index in [-0.39, 0.29) is 24.0 Å². The van der Waals surface area contributed by atoms with Crippen molar-refractivity contribution >= 4 is 5.91 Å². The van der Waals surface area contributed by atoms with Crippen LogP contribution in [-0.4, -0.2) is 36.4 Å². The summed E-state index contributed by atoms with van der Waals surface area (Å²) in [5, 5.41) is 12.0. The molecular formula is C12H23NO3. The van der Waals surface area contributed by atoms with Crippen molar-refractivity contribution in [3.8, 4) is 0 Å². The topological polar surface area (TPSA) is 58.6 Å². The molecule has 0 aliphatic carbocycles. The molecule has 2 unspecified atom stereocenters. The van der Waals surface area contributed by atoms with Gasteiger partial charge in [0.2, 0.25) is 5.91 Å². The molecule has 1 fully saturated rings. The Bertz CT molecular complexity index is 226. The highest BCUT2D eigenvalue weighted by Gasteiger charge is 2.28. The van der Waals surface area contributed by atoms with Crippen LogP contribution < -0.4 is 5.32 Å². The molecule has 4 nitrogen and oxygen atoms in total. The van der Waals surface area contributed by atoms with E-state index >= 15 is 0 Å². The molecule has 1 heterocycles. The number of amides is 1. The van der Waals surface area contributed by atoms with Crippen LogP contribution in [0.4, 0.5) is 0 Å². The lowest BCUT2D eigenvalue weighted by Crippen LogP contribution is -2.49. The number of aliphatic hydroxyl groups excluding tert-OH is 1. The number of ether oxygens (including phenoxy) is 1. The summed E-state index contributed by atoms with van der Waals surface area (Å²) in [5.74, 6) is 0.0517. The maximum absolute atomic E-state index is 12.0. The van der Waals surface area contributed by atoms with Crippen LogP contribution in [0.2, 0.25) is 0 Å². The highest BCUT2D eigenvalue weighted by molar-refractivity contribution is 5.79. The van der Waals surface area contributed by atoms with Gasteiger partial charge in [0, 0.05) is 18.8 Å². The first-order chi connectivity index (χ1) is 7.61. The highest BCUT2D eigenvalue weighted by atomic mass is 16.5. The first-order valence-electron chi connectivity index (χ1n) is 6.12. The minimum atomic E-state index is -0.288. The van der Waals surface area contributed by atoms with Gasteiger partial charge < -0.3 is 15.2 Å². The van der Waals surface area contributed by atoms with Crippen molar-refractivity contribution in [2.75, 3.05) is 19.8 Å². The fourth-order valence-electron chi connectivity index (χ4n) is 1.92. The van der Waals surface area contributed by atoms with Crippen LogP contribution in [0.25, 0.3) is 0 Å². The molecule has 0 spiro atoms. The third-order valence-electron chi connectivity index (χ3n) is 3.40. The molecule has 1 aliphatic rings. The molecule has 4 heteroatoms. The van der Waals surface area contributed by atoms with Crippen LogP contribution in [0.15, 0.2) is 0 Å². The molecule has 0 saturated carbocycles. The van der Waals surface area contributed by atoms with E-state index in [2.05, 4.69) is 5.32 Å². The number of carbonyl (C=O) groups excluding carboxylic acids is 1. The summed E-state index contributed by atoms with van der Waals surface area (Å²) >= 11 is 0. The van der Waals surface area contributed by atoms with Crippen molar-refractivity contribution < 1.29 is 14.6 Å². The van der Waals surface area contributed by atoms with Crippen LogP contribution in [0.3, 0.4) is 0 Å². The van der Waals surface area contributed by atoms with E-state index in [0.717, 1.165) is 25.9 Å². The molecule has 0 bridgehead atoms. The Hall–Kier alpha value is -0.610. The standard InChI is InChI=1S/C12H23NO3/c1-3-12(2,6-7-14)13-11(15)10-5-4-8-16-9-10/h10,14H,3-9H2,1-2H3,(H,13,15). The van der Waals surface area contributed by atoms with Gasteiger partial charge in [-0.25, -0.2) is 0 Å².